The zero-order valence-electron chi connectivity index (χ0n) is 20.6. The van der Waals surface area contributed by atoms with Gasteiger partial charge in [-0.2, -0.15) is 0 Å². The van der Waals surface area contributed by atoms with Crippen LogP contribution in [-0.2, 0) is 0 Å². The molecule has 0 aliphatic heterocycles. The van der Waals surface area contributed by atoms with Crippen LogP contribution in [-0.4, -0.2) is 37.4 Å². The Labute approximate surface area is 213 Å². The molecule has 1 N–H and O–H groups in total. The molecule has 0 aliphatic carbocycles. The number of rotatable bonds is 8. The Morgan fingerprint density at radius 3 is 2.53 bits per heavy atom. The standard InChI is InChI=1S/C26H21FN2O4S.C2H6/c1-4-15-10-20(18-14-34-25-17(18)6-5-7-19(25)27)29-21(11-15)22(30)13-28-26(31)16-8-9-23(32-2)24(12-16)33-3;1-2/h4-12,14H,1,13H2,2-3H3,(H,28,31);1-2H3. The maximum atomic E-state index is 14.1. The van der Waals surface area contributed by atoms with E-state index in [0.717, 1.165) is 10.9 Å². The monoisotopic (exact) mass is 506 g/mol. The Hall–Kier alpha value is -4.04. The van der Waals surface area contributed by atoms with E-state index in [-0.39, 0.29) is 23.8 Å². The Kier molecular flexibility index (Phi) is 8.91. The number of hydrogen-bond donors (Lipinski definition) is 1. The van der Waals surface area contributed by atoms with Gasteiger partial charge in [0, 0.05) is 21.9 Å². The second-order valence-electron chi connectivity index (χ2n) is 7.32. The molecule has 2 heterocycles. The van der Waals surface area contributed by atoms with Crippen molar-refractivity contribution in [3.8, 4) is 22.8 Å². The molecule has 2 aromatic carbocycles. The van der Waals surface area contributed by atoms with Crippen molar-refractivity contribution < 1.29 is 23.5 Å². The van der Waals surface area contributed by atoms with E-state index in [1.807, 2.05) is 25.3 Å². The number of nitrogens with one attached hydrogen (secondary N) is 1. The lowest BCUT2D eigenvalue weighted by atomic mass is 10.1. The predicted molar refractivity (Wildman–Crippen MR) is 143 cm³/mol. The van der Waals surface area contributed by atoms with Gasteiger partial charge in [-0.1, -0.05) is 38.6 Å². The second kappa shape index (κ2) is 12.1. The zero-order valence-corrected chi connectivity index (χ0v) is 21.4. The van der Waals surface area contributed by atoms with E-state index in [4.69, 9.17) is 9.47 Å². The number of thiophene rings is 1. The van der Waals surface area contributed by atoms with Gasteiger partial charge in [0.05, 0.1) is 31.2 Å². The average molecular weight is 507 g/mol. The van der Waals surface area contributed by atoms with Gasteiger partial charge in [-0.25, -0.2) is 9.37 Å². The van der Waals surface area contributed by atoms with E-state index in [0.29, 0.717) is 33.0 Å². The molecule has 0 fully saturated rings. The highest BCUT2D eigenvalue weighted by molar-refractivity contribution is 7.17. The zero-order chi connectivity index (χ0) is 26.2. The lowest BCUT2D eigenvalue weighted by Crippen LogP contribution is -2.30. The van der Waals surface area contributed by atoms with Crippen LogP contribution in [0.15, 0.2) is 60.5 Å². The molecule has 0 saturated heterocycles. The van der Waals surface area contributed by atoms with Crippen molar-refractivity contribution in [2.45, 2.75) is 13.8 Å². The van der Waals surface area contributed by atoms with Crippen molar-refractivity contribution in [2.75, 3.05) is 20.8 Å². The first-order chi connectivity index (χ1) is 17.4. The molecule has 0 bridgehead atoms. The largest absolute Gasteiger partial charge is 0.493 e. The number of aromatic nitrogens is 1. The van der Waals surface area contributed by atoms with Crippen LogP contribution in [0.2, 0.25) is 0 Å². The Morgan fingerprint density at radius 2 is 1.83 bits per heavy atom. The van der Waals surface area contributed by atoms with Gasteiger partial charge >= 0.3 is 0 Å². The molecule has 8 heteroatoms. The van der Waals surface area contributed by atoms with Gasteiger partial charge in [0.1, 0.15) is 11.5 Å². The first-order valence-corrected chi connectivity index (χ1v) is 12.2. The minimum atomic E-state index is -0.436. The van der Waals surface area contributed by atoms with Crippen LogP contribution in [0.4, 0.5) is 4.39 Å². The fourth-order valence-corrected chi connectivity index (χ4v) is 4.47. The predicted octanol–water partition coefficient (Wildman–Crippen LogP) is 6.40. The van der Waals surface area contributed by atoms with Crippen LogP contribution in [0.1, 0.15) is 40.3 Å². The molecule has 0 radical (unpaired) electrons. The van der Waals surface area contributed by atoms with Crippen LogP contribution >= 0.6 is 11.3 Å². The molecule has 186 valence electrons. The number of ketones is 1. The van der Waals surface area contributed by atoms with Crippen LogP contribution in [0.25, 0.3) is 27.4 Å². The van der Waals surface area contributed by atoms with E-state index >= 15 is 0 Å². The highest BCUT2D eigenvalue weighted by Crippen LogP contribution is 2.35. The number of benzene rings is 2. The summed E-state index contributed by atoms with van der Waals surface area (Å²) in [5.41, 5.74) is 2.45. The Bertz CT molecular complexity index is 1410. The number of ether oxygens (including phenoxy) is 2. The molecule has 0 unspecified atom stereocenters. The third-order valence-electron chi connectivity index (χ3n) is 5.25. The lowest BCUT2D eigenvalue weighted by molar-refractivity contribution is 0.0902. The normalized spacial score (nSPS) is 10.2. The van der Waals surface area contributed by atoms with E-state index < -0.39 is 5.91 Å². The van der Waals surface area contributed by atoms with E-state index in [1.54, 1.807) is 36.4 Å². The molecule has 0 saturated carbocycles. The number of amides is 1. The van der Waals surface area contributed by atoms with Gasteiger partial charge in [-0.3, -0.25) is 9.59 Å². The number of hydrogen-bond acceptors (Lipinski definition) is 6. The molecular weight excluding hydrogens is 479 g/mol. The number of pyridine rings is 1. The van der Waals surface area contributed by atoms with E-state index in [9.17, 15) is 14.0 Å². The quantitative estimate of drug-likeness (QED) is 0.280. The van der Waals surface area contributed by atoms with Gasteiger partial charge in [0.15, 0.2) is 17.3 Å². The lowest BCUT2D eigenvalue weighted by Gasteiger charge is -2.10. The summed E-state index contributed by atoms with van der Waals surface area (Å²) < 4.78 is 25.1. The third-order valence-corrected chi connectivity index (χ3v) is 6.26. The molecule has 4 aromatic rings. The minimum absolute atomic E-state index is 0.177. The summed E-state index contributed by atoms with van der Waals surface area (Å²) >= 11 is 1.28. The molecule has 0 atom stereocenters. The van der Waals surface area contributed by atoms with E-state index in [2.05, 4.69) is 16.9 Å². The van der Waals surface area contributed by atoms with Crippen LogP contribution in [0.3, 0.4) is 0 Å². The molecule has 36 heavy (non-hydrogen) atoms. The second-order valence-corrected chi connectivity index (χ2v) is 8.20. The number of Topliss-reactive ketones (excluding diaryl/α,β-unsaturated/α-hetero) is 1. The summed E-state index contributed by atoms with van der Waals surface area (Å²) in [7, 11) is 2.98. The van der Waals surface area contributed by atoms with Crippen molar-refractivity contribution >= 4 is 39.2 Å². The van der Waals surface area contributed by atoms with Gasteiger partial charge in [-0.15, -0.1) is 11.3 Å². The Balaban J connectivity index is 0.00000176. The van der Waals surface area contributed by atoms with Crippen molar-refractivity contribution in [1.82, 2.24) is 10.3 Å². The molecule has 0 spiro atoms. The summed E-state index contributed by atoms with van der Waals surface area (Å²) in [5.74, 6) is -0.208. The van der Waals surface area contributed by atoms with Crippen molar-refractivity contribution in [3.63, 3.8) is 0 Å². The van der Waals surface area contributed by atoms with Gasteiger partial charge < -0.3 is 14.8 Å². The number of carbonyl (C=O) groups is 2. The highest BCUT2D eigenvalue weighted by Gasteiger charge is 2.17. The number of halogens is 1. The summed E-state index contributed by atoms with van der Waals surface area (Å²) in [5, 5.41) is 5.15. The minimum Gasteiger partial charge on any atom is -0.493 e. The maximum Gasteiger partial charge on any atom is 0.251 e. The first-order valence-electron chi connectivity index (χ1n) is 11.3. The summed E-state index contributed by atoms with van der Waals surface area (Å²) in [4.78, 5) is 30.0. The fourth-order valence-electron chi connectivity index (χ4n) is 3.50. The SMILES string of the molecule is C=Cc1cc(C(=O)CNC(=O)c2ccc(OC)c(OC)c2)nc(-c2csc3c(F)cccc23)c1.CC. The first kappa shape index (κ1) is 26.6. The van der Waals surface area contributed by atoms with Crippen molar-refractivity contribution in [3.05, 3.63) is 83.1 Å². The third kappa shape index (κ3) is 5.60. The van der Waals surface area contributed by atoms with Gasteiger partial charge in [0.25, 0.3) is 5.91 Å². The number of nitrogens with zero attached hydrogens (tertiary/aromatic N) is 1. The van der Waals surface area contributed by atoms with Gasteiger partial charge in [-0.05, 0) is 42.0 Å². The van der Waals surface area contributed by atoms with Crippen LogP contribution in [0.5, 0.6) is 11.5 Å². The summed E-state index contributed by atoms with van der Waals surface area (Å²) in [6.45, 7) is 7.54. The molecule has 4 rings (SSSR count). The molecule has 1 amide bonds. The van der Waals surface area contributed by atoms with Gasteiger partial charge in [0.2, 0.25) is 0 Å². The Morgan fingerprint density at radius 1 is 1.08 bits per heavy atom. The average Bonchev–Trinajstić information content (AvgIpc) is 3.37. The summed E-state index contributed by atoms with van der Waals surface area (Å²) in [6.07, 6.45) is 1.61. The molecule has 0 aliphatic rings. The highest BCUT2D eigenvalue weighted by atomic mass is 32.1. The smallest absolute Gasteiger partial charge is 0.251 e. The van der Waals surface area contributed by atoms with Crippen molar-refractivity contribution in [2.24, 2.45) is 0 Å². The van der Waals surface area contributed by atoms with Crippen LogP contribution < -0.4 is 14.8 Å². The number of fused-ring (bicyclic) bond motifs is 1. The maximum absolute atomic E-state index is 14.1. The number of carbonyl (C=O) groups excluding carboxylic acids is 2. The molecule has 2 aromatic heterocycles. The topological polar surface area (TPSA) is 77.5 Å². The van der Waals surface area contributed by atoms with Crippen LogP contribution in [0, 0.1) is 5.82 Å². The molecular formula is C28H27FN2O4S. The number of methoxy groups -OCH3 is 2. The fraction of sp³-hybridized carbons (Fsp3) is 0.179. The summed E-state index contributed by atoms with van der Waals surface area (Å²) in [6, 6.07) is 13.0. The van der Waals surface area contributed by atoms with Crippen molar-refractivity contribution in [1.29, 1.82) is 0 Å². The van der Waals surface area contributed by atoms with E-state index in [1.165, 1.54) is 37.7 Å². The molecule has 6 nitrogen and oxygen atoms in total.